The molecule has 4 rings (SSSR count). The van der Waals surface area contributed by atoms with Gasteiger partial charge in [0.25, 0.3) is 0 Å². The Bertz CT molecular complexity index is 1330. The second-order valence-electron chi connectivity index (χ2n) is 8.37. The van der Waals surface area contributed by atoms with Crippen LogP contribution in [-0.2, 0) is 34.4 Å². The van der Waals surface area contributed by atoms with E-state index < -0.39 is 33.6 Å². The van der Waals surface area contributed by atoms with Crippen molar-refractivity contribution in [2.45, 2.75) is 38.8 Å². The highest BCUT2D eigenvalue weighted by Gasteiger charge is 2.31. The number of ether oxygens (including phenoxy) is 1. The minimum absolute atomic E-state index is 0.0139. The second-order valence-corrected chi connectivity index (χ2v) is 10.2. The van der Waals surface area contributed by atoms with Crippen LogP contribution in [0.3, 0.4) is 0 Å². The average Bonchev–Trinajstić information content (AvgIpc) is 3.39. The Balaban J connectivity index is 1.52. The van der Waals surface area contributed by atoms with Crippen molar-refractivity contribution in [1.82, 2.24) is 24.1 Å². The summed E-state index contributed by atoms with van der Waals surface area (Å²) < 4.78 is 73.8. The van der Waals surface area contributed by atoms with Crippen molar-refractivity contribution in [3.8, 4) is 5.82 Å². The minimum atomic E-state index is -4.52. The number of halogens is 3. The Kier molecular flexibility index (Phi) is 6.32. The lowest BCUT2D eigenvalue weighted by atomic mass is 10.2. The van der Waals surface area contributed by atoms with E-state index in [-0.39, 0.29) is 24.1 Å². The predicted octanol–water partition coefficient (Wildman–Crippen LogP) is 3.48. The zero-order valence-electron chi connectivity index (χ0n) is 18.6. The summed E-state index contributed by atoms with van der Waals surface area (Å²) in [4.78, 5) is 15.8. The highest BCUT2D eigenvalue weighted by atomic mass is 32.2. The lowest BCUT2D eigenvalue weighted by Gasteiger charge is -2.11. The lowest BCUT2D eigenvalue weighted by Crippen LogP contribution is -2.34. The molecule has 0 radical (unpaired) electrons. The number of alkyl halides is 3. The largest absolute Gasteiger partial charge is 0.449 e. The maximum absolute atomic E-state index is 13.0. The van der Waals surface area contributed by atoms with Crippen molar-refractivity contribution in [2.24, 2.45) is 13.0 Å². The number of aryl methyl sites for hydroxylation is 2. The molecule has 34 heavy (non-hydrogen) atoms. The first-order valence-electron chi connectivity index (χ1n) is 10.7. The molecule has 1 aliphatic rings. The van der Waals surface area contributed by atoms with Crippen LogP contribution in [0.1, 0.15) is 36.1 Å². The van der Waals surface area contributed by atoms with Crippen molar-refractivity contribution < 1.29 is 31.1 Å². The van der Waals surface area contributed by atoms with Gasteiger partial charge in [-0.3, -0.25) is 9.25 Å². The molecule has 1 N–H and O–H groups in total. The molecule has 0 unspecified atom stereocenters. The van der Waals surface area contributed by atoms with Gasteiger partial charge in [0.2, 0.25) is 10.0 Å². The summed E-state index contributed by atoms with van der Waals surface area (Å²) >= 11 is 0. The molecule has 9 nitrogen and oxygen atoms in total. The van der Waals surface area contributed by atoms with Crippen LogP contribution >= 0.6 is 0 Å². The Hall–Kier alpha value is -3.09. The van der Waals surface area contributed by atoms with Crippen LogP contribution in [0.4, 0.5) is 18.0 Å². The summed E-state index contributed by atoms with van der Waals surface area (Å²) in [7, 11) is -2.34. The molecule has 0 aliphatic heterocycles. The van der Waals surface area contributed by atoms with Crippen LogP contribution < -0.4 is 4.72 Å². The van der Waals surface area contributed by atoms with Gasteiger partial charge in [0, 0.05) is 30.4 Å². The molecule has 1 saturated carbocycles. The molecular weight excluding hydrogens is 475 g/mol. The van der Waals surface area contributed by atoms with E-state index in [1.165, 1.54) is 10.7 Å². The molecule has 0 atom stereocenters. The summed E-state index contributed by atoms with van der Waals surface area (Å²) in [6, 6.07) is 2.50. The first-order valence-corrected chi connectivity index (χ1v) is 12.3. The van der Waals surface area contributed by atoms with Gasteiger partial charge in [0.1, 0.15) is 11.5 Å². The highest BCUT2D eigenvalue weighted by Crippen LogP contribution is 2.33. The van der Waals surface area contributed by atoms with Crippen molar-refractivity contribution in [2.75, 3.05) is 12.4 Å². The molecule has 3 aromatic rings. The maximum Gasteiger partial charge on any atom is 0.420 e. The molecule has 13 heteroatoms. The molecule has 0 aromatic carbocycles. The van der Waals surface area contributed by atoms with E-state index in [2.05, 4.69) is 10.1 Å². The second kappa shape index (κ2) is 8.93. The monoisotopic (exact) mass is 499 g/mol. The molecule has 3 aromatic heterocycles. The molecule has 1 aliphatic carbocycles. The van der Waals surface area contributed by atoms with Crippen LogP contribution in [0, 0.1) is 12.8 Å². The van der Waals surface area contributed by atoms with Gasteiger partial charge in [-0.05, 0) is 37.8 Å². The lowest BCUT2D eigenvalue weighted by molar-refractivity contribution is -0.137. The summed E-state index contributed by atoms with van der Waals surface area (Å²) in [6.07, 6.45) is -0.276. The number of carbonyl (C=O) groups is 1. The van der Waals surface area contributed by atoms with Gasteiger partial charge in [0.15, 0.2) is 0 Å². The van der Waals surface area contributed by atoms with Crippen LogP contribution in [-0.4, -0.2) is 46.2 Å². The first kappa shape index (κ1) is 24.0. The number of rotatable bonds is 8. The van der Waals surface area contributed by atoms with E-state index in [1.54, 1.807) is 24.7 Å². The highest BCUT2D eigenvalue weighted by molar-refractivity contribution is 7.90. The predicted molar refractivity (Wildman–Crippen MR) is 117 cm³/mol. The number of fused-ring (bicyclic) bond motifs is 1. The first-order chi connectivity index (χ1) is 15.9. The van der Waals surface area contributed by atoms with Crippen LogP contribution in [0.25, 0.3) is 16.9 Å². The minimum Gasteiger partial charge on any atom is -0.449 e. The number of pyridine rings is 1. The van der Waals surface area contributed by atoms with Crippen molar-refractivity contribution >= 4 is 27.1 Å². The maximum atomic E-state index is 13.0. The molecule has 0 spiro atoms. The van der Waals surface area contributed by atoms with Gasteiger partial charge >= 0.3 is 12.3 Å². The van der Waals surface area contributed by atoms with Crippen molar-refractivity contribution in [1.29, 1.82) is 0 Å². The smallest absolute Gasteiger partial charge is 0.420 e. The quantitative estimate of drug-likeness (QED) is 0.508. The fraction of sp³-hybridized carbons (Fsp3) is 0.476. The number of hydrogen-bond donors (Lipinski definition) is 1. The molecular formula is C21H24F3N5O4S. The number of amides is 1. The summed E-state index contributed by atoms with van der Waals surface area (Å²) in [5, 5.41) is 4.62. The van der Waals surface area contributed by atoms with E-state index in [9.17, 15) is 26.4 Å². The Labute approximate surface area is 194 Å². The zero-order chi connectivity index (χ0) is 24.7. The van der Waals surface area contributed by atoms with Crippen molar-refractivity contribution in [3.63, 3.8) is 0 Å². The molecule has 1 fully saturated rings. The van der Waals surface area contributed by atoms with Crippen LogP contribution in [0.5, 0.6) is 0 Å². The van der Waals surface area contributed by atoms with E-state index in [1.807, 2.05) is 4.72 Å². The van der Waals surface area contributed by atoms with Gasteiger partial charge in [-0.15, -0.1) is 0 Å². The molecule has 1 amide bonds. The normalized spacial score (nSPS) is 14.5. The van der Waals surface area contributed by atoms with Crippen LogP contribution in [0.2, 0.25) is 0 Å². The van der Waals surface area contributed by atoms with E-state index >= 15 is 0 Å². The summed E-state index contributed by atoms with van der Waals surface area (Å²) in [6.45, 7) is 1.87. The number of sulfonamides is 1. The molecule has 184 valence electrons. The molecule has 0 bridgehead atoms. The standard InChI is InChI=1S/C21H24F3N5O4S/c1-13-17(7-10-34(31,32)27-20(30)33-9-6-14-3-4-14)19(28(2)26-13)29-8-5-15-11-16(21(22,23)24)12-25-18(15)29/h5,8,11-12,14H,3-4,6-7,9-10H2,1-2H3,(H,27,30). The van der Waals surface area contributed by atoms with Gasteiger partial charge in [0.05, 0.1) is 23.6 Å². The number of carbonyl (C=O) groups excluding carboxylic acids is 1. The number of nitrogens with one attached hydrogen (secondary N) is 1. The average molecular weight is 500 g/mol. The summed E-state index contributed by atoms with van der Waals surface area (Å²) in [5.74, 6) is 0.618. The number of hydrogen-bond acceptors (Lipinski definition) is 6. The van der Waals surface area contributed by atoms with Crippen molar-refractivity contribution in [3.05, 3.63) is 41.3 Å². The van der Waals surface area contributed by atoms with Crippen LogP contribution in [0.15, 0.2) is 24.5 Å². The fourth-order valence-corrected chi connectivity index (χ4v) is 4.69. The molecule has 0 saturated heterocycles. The SMILES string of the molecule is Cc1nn(C)c(-n2ccc3cc(C(F)(F)F)cnc32)c1CCS(=O)(=O)NC(=O)OCCC1CC1. The third-order valence-corrected chi connectivity index (χ3v) is 6.93. The van der Waals surface area contributed by atoms with E-state index in [0.29, 0.717) is 23.0 Å². The fourth-order valence-electron chi connectivity index (χ4n) is 3.80. The van der Waals surface area contributed by atoms with Gasteiger partial charge < -0.3 is 4.74 Å². The third-order valence-electron chi connectivity index (χ3n) is 5.71. The Morgan fingerprint density at radius 1 is 1.32 bits per heavy atom. The Morgan fingerprint density at radius 3 is 2.74 bits per heavy atom. The van der Waals surface area contributed by atoms with E-state index in [4.69, 9.17) is 4.74 Å². The third kappa shape index (κ3) is 5.34. The number of nitrogens with zero attached hydrogens (tertiary/aromatic N) is 4. The topological polar surface area (TPSA) is 108 Å². The summed E-state index contributed by atoms with van der Waals surface area (Å²) in [5.41, 5.74) is 0.528. The zero-order valence-corrected chi connectivity index (χ0v) is 19.4. The molecule has 3 heterocycles. The van der Waals surface area contributed by atoms with Gasteiger partial charge in [-0.2, -0.15) is 18.3 Å². The van der Waals surface area contributed by atoms with E-state index in [0.717, 1.165) is 31.5 Å². The Morgan fingerprint density at radius 2 is 2.06 bits per heavy atom. The van der Waals surface area contributed by atoms with Gasteiger partial charge in [-0.25, -0.2) is 22.9 Å². The number of aromatic nitrogens is 4. The van der Waals surface area contributed by atoms with Gasteiger partial charge in [-0.1, -0.05) is 12.8 Å².